The number of carbonyl (C=O) groups is 3. The Balaban J connectivity index is 1.43. The third-order valence-electron chi connectivity index (χ3n) is 5.78. The minimum atomic E-state index is -1.18. The van der Waals surface area contributed by atoms with Crippen LogP contribution in [0.15, 0.2) is 39.4 Å². The van der Waals surface area contributed by atoms with Gasteiger partial charge >= 0.3 is 18.1 Å². The van der Waals surface area contributed by atoms with E-state index < -0.39 is 29.7 Å². The molecule has 4 N–H and O–H groups in total. The van der Waals surface area contributed by atoms with Gasteiger partial charge in [-0.3, -0.25) is 5.32 Å². The van der Waals surface area contributed by atoms with Crippen LogP contribution in [0.1, 0.15) is 24.0 Å². The highest BCUT2D eigenvalue weighted by molar-refractivity contribution is 9.11. The van der Waals surface area contributed by atoms with Gasteiger partial charge in [0.1, 0.15) is 23.2 Å². The van der Waals surface area contributed by atoms with Gasteiger partial charge in [-0.2, -0.15) is 0 Å². The van der Waals surface area contributed by atoms with Gasteiger partial charge in [-0.1, -0.05) is 0 Å². The highest BCUT2D eigenvalue weighted by Crippen LogP contribution is 2.42. The van der Waals surface area contributed by atoms with Gasteiger partial charge in [0.2, 0.25) is 0 Å². The van der Waals surface area contributed by atoms with Crippen LogP contribution in [-0.2, 0) is 21.6 Å². The average Bonchev–Trinajstić information content (AvgIpc) is 2.77. The smallest absolute Gasteiger partial charge is 0.413 e. The van der Waals surface area contributed by atoms with Gasteiger partial charge in [-0.25, -0.2) is 19.4 Å². The number of hydrogen-bond donors (Lipinski definition) is 4. The number of aliphatic carboxylic acids is 1. The highest BCUT2D eigenvalue weighted by Gasteiger charge is 2.45. The zero-order chi connectivity index (χ0) is 23.8. The second-order valence-electron chi connectivity index (χ2n) is 7.85. The van der Waals surface area contributed by atoms with E-state index in [1.165, 1.54) is 4.90 Å². The lowest BCUT2D eigenvalue weighted by Crippen LogP contribution is -2.54. The average molecular weight is 584 g/mol. The molecule has 3 amide bonds. The molecule has 1 aromatic heterocycles. The number of likely N-dealkylation sites (tertiary alicyclic amines) is 1. The largest absolute Gasteiger partial charge is 0.506 e. The summed E-state index contributed by atoms with van der Waals surface area (Å²) in [6.07, 6.45) is 1.75. The summed E-state index contributed by atoms with van der Waals surface area (Å²) in [5.41, 5.74) is 0.499. The van der Waals surface area contributed by atoms with Gasteiger partial charge in [-0.15, -0.1) is 0 Å². The number of aromatic nitrogens is 1. The van der Waals surface area contributed by atoms with Crippen LogP contribution < -0.4 is 10.6 Å². The Bertz CT molecular complexity index is 1100. The molecule has 10 nitrogen and oxygen atoms in total. The number of amides is 3. The third-order valence-corrected chi connectivity index (χ3v) is 6.99. The number of nitrogens with one attached hydrogen (secondary N) is 2. The first-order chi connectivity index (χ1) is 15.7. The Morgan fingerprint density at radius 2 is 1.94 bits per heavy atom. The Kier molecular flexibility index (Phi) is 6.48. The quantitative estimate of drug-likeness (QED) is 0.431. The number of ether oxygens (including phenoxy) is 1. The maximum absolute atomic E-state index is 12.8. The number of phenolic OH excluding ortho intramolecular Hbond substituents is 1. The standard InChI is InChI=1S/C21H20Br2N4O6/c22-13-8-11(9-14(23)16(13)28)10-15(18(29)30)25-19(31)27-6-3-21(4-7-27)12-2-1-5-24-17(12)26-20(32)33-21/h1-2,5,8-9,15,28H,3-4,6-7,10H2,(H,25,31)(H,29,30)(H,24,26,32). The summed E-state index contributed by atoms with van der Waals surface area (Å²) in [5.74, 6) is -0.722. The van der Waals surface area contributed by atoms with Crippen LogP contribution >= 0.6 is 31.9 Å². The van der Waals surface area contributed by atoms with Crippen LogP contribution in [0.4, 0.5) is 15.4 Å². The molecule has 2 aliphatic rings. The van der Waals surface area contributed by atoms with Crippen LogP contribution in [0.5, 0.6) is 5.75 Å². The number of halogens is 2. The molecule has 12 heteroatoms. The number of carbonyl (C=O) groups excluding carboxylic acids is 2. The van der Waals surface area contributed by atoms with Crippen molar-refractivity contribution in [2.75, 3.05) is 18.4 Å². The van der Waals surface area contributed by atoms with E-state index in [2.05, 4.69) is 47.5 Å². The number of benzene rings is 1. The van der Waals surface area contributed by atoms with Crippen molar-refractivity contribution in [3.8, 4) is 5.75 Å². The maximum Gasteiger partial charge on any atom is 0.413 e. The summed E-state index contributed by atoms with van der Waals surface area (Å²) in [6, 6.07) is 5.12. The van der Waals surface area contributed by atoms with Crippen molar-refractivity contribution in [1.29, 1.82) is 0 Å². The van der Waals surface area contributed by atoms with E-state index in [9.17, 15) is 24.6 Å². The lowest BCUT2D eigenvalue weighted by atomic mass is 9.83. The first-order valence-corrected chi connectivity index (χ1v) is 11.7. The third kappa shape index (κ3) is 4.76. The molecule has 0 saturated carbocycles. The van der Waals surface area contributed by atoms with Gasteiger partial charge in [0, 0.05) is 44.1 Å². The minimum absolute atomic E-state index is 0.00675. The van der Waals surface area contributed by atoms with Crippen molar-refractivity contribution >= 4 is 55.8 Å². The molecule has 0 aliphatic carbocycles. The van der Waals surface area contributed by atoms with Gasteiger partial charge in [0.05, 0.1) is 8.95 Å². The number of rotatable bonds is 4. The van der Waals surface area contributed by atoms with Gasteiger partial charge in [-0.05, 0) is 61.7 Å². The number of urea groups is 1. The molecular formula is C21H20Br2N4O6. The molecule has 174 valence electrons. The summed E-state index contributed by atoms with van der Waals surface area (Å²) in [4.78, 5) is 42.4. The lowest BCUT2D eigenvalue weighted by Gasteiger charge is -2.43. The fourth-order valence-corrected chi connectivity index (χ4v) is 5.36. The Hall–Kier alpha value is -2.86. The van der Waals surface area contributed by atoms with Gasteiger partial charge in [0.15, 0.2) is 0 Å². The number of nitrogens with zero attached hydrogens (tertiary/aromatic N) is 2. The van der Waals surface area contributed by atoms with Crippen LogP contribution in [0.2, 0.25) is 0 Å². The summed E-state index contributed by atoms with van der Waals surface area (Å²) in [7, 11) is 0. The molecule has 33 heavy (non-hydrogen) atoms. The van der Waals surface area contributed by atoms with E-state index in [0.29, 0.717) is 33.2 Å². The highest BCUT2D eigenvalue weighted by atomic mass is 79.9. The van der Waals surface area contributed by atoms with E-state index in [1.807, 2.05) is 6.07 Å². The number of piperidine rings is 1. The summed E-state index contributed by atoms with van der Waals surface area (Å²) in [5, 5.41) is 24.6. The Morgan fingerprint density at radius 3 is 2.58 bits per heavy atom. The van der Waals surface area contributed by atoms with E-state index in [0.717, 1.165) is 5.56 Å². The summed E-state index contributed by atoms with van der Waals surface area (Å²) >= 11 is 6.44. The number of pyridine rings is 1. The van der Waals surface area contributed by atoms with E-state index in [4.69, 9.17) is 4.74 Å². The molecule has 0 radical (unpaired) electrons. The normalized spacial score (nSPS) is 17.5. The first-order valence-electron chi connectivity index (χ1n) is 10.1. The number of aromatic hydroxyl groups is 1. The maximum atomic E-state index is 12.8. The van der Waals surface area contributed by atoms with E-state index >= 15 is 0 Å². The predicted molar refractivity (Wildman–Crippen MR) is 124 cm³/mol. The number of carboxylic acid groups (broad SMARTS) is 1. The van der Waals surface area contributed by atoms with Crippen molar-refractivity contribution in [3.05, 3.63) is 50.5 Å². The number of phenols is 1. The zero-order valence-corrected chi connectivity index (χ0v) is 20.3. The minimum Gasteiger partial charge on any atom is -0.506 e. The molecule has 1 spiro atoms. The number of carboxylic acids is 1. The number of hydrogen-bond acceptors (Lipinski definition) is 6. The predicted octanol–water partition coefficient (Wildman–Crippen LogP) is 3.57. The SMILES string of the molecule is O=C1Nc2ncccc2C2(CCN(C(=O)NC(Cc3cc(Br)c(O)c(Br)c3)C(=O)O)CC2)O1. The van der Waals surface area contributed by atoms with Crippen LogP contribution in [0.25, 0.3) is 0 Å². The first kappa shape index (κ1) is 23.3. The topological polar surface area (TPSA) is 141 Å². The zero-order valence-electron chi connectivity index (χ0n) is 17.2. The molecule has 1 saturated heterocycles. The molecule has 1 aromatic carbocycles. The molecule has 1 unspecified atom stereocenters. The fraction of sp³-hybridized carbons (Fsp3) is 0.333. The van der Waals surface area contributed by atoms with E-state index in [-0.39, 0.29) is 25.3 Å². The van der Waals surface area contributed by atoms with Crippen molar-refractivity contribution in [1.82, 2.24) is 15.2 Å². The van der Waals surface area contributed by atoms with Crippen molar-refractivity contribution in [3.63, 3.8) is 0 Å². The number of anilines is 1. The molecule has 0 bridgehead atoms. The second-order valence-corrected chi connectivity index (χ2v) is 9.56. The van der Waals surface area contributed by atoms with Crippen molar-refractivity contribution in [2.24, 2.45) is 0 Å². The fourth-order valence-electron chi connectivity index (χ4n) is 4.08. The van der Waals surface area contributed by atoms with Crippen molar-refractivity contribution < 1.29 is 29.3 Å². The Morgan fingerprint density at radius 1 is 1.27 bits per heavy atom. The van der Waals surface area contributed by atoms with Gasteiger partial charge in [0.25, 0.3) is 0 Å². The van der Waals surface area contributed by atoms with E-state index in [1.54, 1.807) is 24.4 Å². The molecule has 1 fully saturated rings. The lowest BCUT2D eigenvalue weighted by molar-refractivity contribution is -0.139. The Labute approximate surface area is 205 Å². The molecular weight excluding hydrogens is 564 g/mol. The molecule has 2 aromatic rings. The summed E-state index contributed by atoms with van der Waals surface area (Å²) < 4.78 is 6.45. The molecule has 1 atom stereocenters. The van der Waals surface area contributed by atoms with Crippen molar-refractivity contribution in [2.45, 2.75) is 30.9 Å². The molecule has 3 heterocycles. The van der Waals surface area contributed by atoms with Crippen LogP contribution in [-0.4, -0.2) is 57.3 Å². The molecule has 4 rings (SSSR count). The van der Waals surface area contributed by atoms with Gasteiger partial charge < -0.3 is 25.2 Å². The summed E-state index contributed by atoms with van der Waals surface area (Å²) in [6.45, 7) is 0.548. The monoisotopic (exact) mass is 582 g/mol. The van der Waals surface area contributed by atoms with Crippen LogP contribution in [0, 0.1) is 0 Å². The molecule has 2 aliphatic heterocycles. The van der Waals surface area contributed by atoms with Crippen LogP contribution in [0.3, 0.4) is 0 Å². The second kappa shape index (κ2) is 9.18. The number of fused-ring (bicyclic) bond motifs is 2.